The van der Waals surface area contributed by atoms with E-state index >= 15 is 0 Å². The van der Waals surface area contributed by atoms with Gasteiger partial charge in [-0.1, -0.05) is 22.0 Å². The number of hydrogen-bond donors (Lipinski definition) is 2. The predicted molar refractivity (Wildman–Crippen MR) is 75.7 cm³/mol. The molecule has 0 fully saturated rings. The van der Waals surface area contributed by atoms with Crippen LogP contribution in [-0.2, 0) is 21.3 Å². The lowest BCUT2D eigenvalue weighted by Gasteiger charge is -2.25. The third-order valence-corrected chi connectivity index (χ3v) is 3.62. The number of hydrogen-bond acceptors (Lipinski definition) is 4. The number of benzene rings is 1. The summed E-state index contributed by atoms with van der Waals surface area (Å²) in [4.78, 5) is 33.5. The molecule has 106 valence electrons. The van der Waals surface area contributed by atoms with E-state index in [0.29, 0.717) is 10.9 Å². The van der Waals surface area contributed by atoms with E-state index in [4.69, 9.17) is 0 Å². The topological polar surface area (TPSA) is 101 Å². The van der Waals surface area contributed by atoms with Crippen LogP contribution < -0.4 is 10.6 Å². The Kier molecular flexibility index (Phi) is 4.03. The zero-order chi connectivity index (χ0) is 14.9. The maximum absolute atomic E-state index is 11.9. The summed E-state index contributed by atoms with van der Waals surface area (Å²) in [7, 11) is 0. The Morgan fingerprint density at radius 1 is 1.60 bits per heavy atom. The summed E-state index contributed by atoms with van der Waals surface area (Å²) in [5.74, 6) is -0.762. The smallest absolute Gasteiger partial charge is 0.293 e. The molecule has 1 aromatic carbocycles. The van der Waals surface area contributed by atoms with E-state index in [1.165, 1.54) is 13.0 Å². The first-order chi connectivity index (χ1) is 9.42. The molecule has 1 unspecified atom stereocenters. The van der Waals surface area contributed by atoms with E-state index in [0.717, 1.165) is 5.56 Å². The molecule has 2 amide bonds. The molecule has 1 atom stereocenters. The first-order valence-corrected chi connectivity index (χ1v) is 6.98. The second-order valence-electron chi connectivity index (χ2n) is 4.49. The Morgan fingerprint density at radius 3 is 2.85 bits per heavy atom. The quantitative estimate of drug-likeness (QED) is 0.494. The maximum Gasteiger partial charge on any atom is 0.293 e. The van der Waals surface area contributed by atoms with Crippen LogP contribution in [0.4, 0.5) is 11.4 Å². The SMILES string of the molecule is CC(=O)NC1Cc2cc(CBr)cc([N+](=O)[O-])c2NC1=O. The Labute approximate surface area is 123 Å². The highest BCUT2D eigenvalue weighted by Gasteiger charge is 2.31. The van der Waals surface area contributed by atoms with Gasteiger partial charge in [0.15, 0.2) is 0 Å². The van der Waals surface area contributed by atoms with Gasteiger partial charge in [-0.15, -0.1) is 0 Å². The van der Waals surface area contributed by atoms with Gasteiger partial charge in [0, 0.05) is 24.7 Å². The molecule has 1 aliphatic rings. The van der Waals surface area contributed by atoms with Crippen LogP contribution in [0, 0.1) is 10.1 Å². The molecule has 1 aliphatic heterocycles. The summed E-state index contributed by atoms with van der Waals surface area (Å²) < 4.78 is 0. The number of nitrogens with one attached hydrogen (secondary N) is 2. The molecule has 20 heavy (non-hydrogen) atoms. The van der Waals surface area contributed by atoms with Crippen molar-refractivity contribution in [2.75, 3.05) is 5.32 Å². The number of carbonyl (C=O) groups is 2. The highest BCUT2D eigenvalue weighted by molar-refractivity contribution is 9.08. The molecule has 0 aliphatic carbocycles. The zero-order valence-electron chi connectivity index (χ0n) is 10.6. The van der Waals surface area contributed by atoms with Crippen molar-refractivity contribution in [3.05, 3.63) is 33.4 Å². The monoisotopic (exact) mass is 341 g/mol. The maximum atomic E-state index is 11.9. The Balaban J connectivity index is 2.45. The number of rotatable bonds is 3. The van der Waals surface area contributed by atoms with Crippen molar-refractivity contribution in [1.82, 2.24) is 5.32 Å². The van der Waals surface area contributed by atoms with E-state index in [1.807, 2.05) is 0 Å². The van der Waals surface area contributed by atoms with Crippen molar-refractivity contribution in [3.63, 3.8) is 0 Å². The Morgan fingerprint density at radius 2 is 2.30 bits per heavy atom. The van der Waals surface area contributed by atoms with Crippen LogP contribution in [0.15, 0.2) is 12.1 Å². The highest BCUT2D eigenvalue weighted by atomic mass is 79.9. The van der Waals surface area contributed by atoms with Crippen LogP contribution in [0.5, 0.6) is 0 Å². The number of amides is 2. The first kappa shape index (κ1) is 14.4. The summed E-state index contributed by atoms with van der Waals surface area (Å²) in [6.45, 7) is 1.32. The molecule has 0 radical (unpaired) electrons. The number of anilines is 1. The highest BCUT2D eigenvalue weighted by Crippen LogP contribution is 2.34. The van der Waals surface area contributed by atoms with Gasteiger partial charge in [0.1, 0.15) is 11.7 Å². The van der Waals surface area contributed by atoms with Gasteiger partial charge < -0.3 is 10.6 Å². The van der Waals surface area contributed by atoms with Crippen molar-refractivity contribution in [3.8, 4) is 0 Å². The van der Waals surface area contributed by atoms with Gasteiger partial charge >= 0.3 is 0 Å². The van der Waals surface area contributed by atoms with E-state index in [2.05, 4.69) is 26.6 Å². The summed E-state index contributed by atoms with van der Waals surface area (Å²) in [5, 5.41) is 16.6. The van der Waals surface area contributed by atoms with Gasteiger partial charge in [-0.2, -0.15) is 0 Å². The fourth-order valence-corrected chi connectivity index (χ4v) is 2.48. The molecule has 7 nitrogen and oxygen atoms in total. The Bertz CT molecular complexity index is 603. The van der Waals surface area contributed by atoms with Crippen molar-refractivity contribution < 1.29 is 14.5 Å². The third kappa shape index (κ3) is 2.79. The number of carbonyl (C=O) groups excluding carboxylic acids is 2. The number of nitro groups is 1. The first-order valence-electron chi connectivity index (χ1n) is 5.86. The fourth-order valence-electron chi connectivity index (χ4n) is 2.16. The lowest BCUT2D eigenvalue weighted by atomic mass is 9.96. The molecule has 2 N–H and O–H groups in total. The molecule has 0 bridgehead atoms. The normalized spacial score (nSPS) is 17.1. The van der Waals surface area contributed by atoms with Crippen LogP contribution >= 0.6 is 15.9 Å². The van der Waals surface area contributed by atoms with E-state index in [1.54, 1.807) is 6.07 Å². The van der Waals surface area contributed by atoms with Crippen LogP contribution in [0.25, 0.3) is 0 Å². The second kappa shape index (κ2) is 5.58. The molecule has 0 saturated heterocycles. The minimum absolute atomic E-state index is 0.133. The van der Waals surface area contributed by atoms with E-state index < -0.39 is 16.9 Å². The number of halogens is 1. The summed E-state index contributed by atoms with van der Waals surface area (Å²) in [6.07, 6.45) is 0.239. The lowest BCUT2D eigenvalue weighted by Crippen LogP contribution is -2.47. The second-order valence-corrected chi connectivity index (χ2v) is 5.05. The minimum Gasteiger partial charge on any atom is -0.344 e. The molecule has 0 spiro atoms. The van der Waals surface area contributed by atoms with Crippen molar-refractivity contribution in [2.45, 2.75) is 24.7 Å². The largest absolute Gasteiger partial charge is 0.344 e. The van der Waals surface area contributed by atoms with Crippen LogP contribution in [0.3, 0.4) is 0 Å². The summed E-state index contributed by atoms with van der Waals surface area (Å²) in [5.41, 5.74) is 1.47. The summed E-state index contributed by atoms with van der Waals surface area (Å²) >= 11 is 3.26. The number of nitro benzene ring substituents is 1. The molecule has 0 aromatic heterocycles. The van der Waals surface area contributed by atoms with Gasteiger partial charge in [0.05, 0.1) is 4.92 Å². The standard InChI is InChI=1S/C12H12BrN3O4/c1-6(17)14-9-4-8-2-7(5-13)3-10(16(19)20)11(8)15-12(9)18/h2-3,9H,4-5H2,1H3,(H,14,17)(H,15,18). The average Bonchev–Trinajstić information content (AvgIpc) is 2.37. The van der Waals surface area contributed by atoms with Crippen molar-refractivity contribution in [2.24, 2.45) is 0 Å². The average molecular weight is 342 g/mol. The van der Waals surface area contributed by atoms with Crippen LogP contribution in [-0.4, -0.2) is 22.8 Å². The summed E-state index contributed by atoms with van der Waals surface area (Å²) in [6, 6.07) is 2.50. The molecular formula is C12H12BrN3O4. The van der Waals surface area contributed by atoms with Crippen LogP contribution in [0.2, 0.25) is 0 Å². The molecular weight excluding hydrogens is 330 g/mol. The number of alkyl halides is 1. The van der Waals surface area contributed by atoms with Crippen molar-refractivity contribution in [1.29, 1.82) is 0 Å². The van der Waals surface area contributed by atoms with Gasteiger partial charge in [-0.3, -0.25) is 19.7 Å². The number of fused-ring (bicyclic) bond motifs is 1. The third-order valence-electron chi connectivity index (χ3n) is 2.98. The lowest BCUT2D eigenvalue weighted by molar-refractivity contribution is -0.384. The van der Waals surface area contributed by atoms with Crippen molar-refractivity contribution >= 4 is 39.1 Å². The Hall–Kier alpha value is -1.96. The van der Waals surface area contributed by atoms with E-state index in [-0.39, 0.29) is 23.7 Å². The molecule has 1 aromatic rings. The molecule has 2 rings (SSSR count). The zero-order valence-corrected chi connectivity index (χ0v) is 12.2. The number of nitrogens with zero attached hydrogens (tertiary/aromatic N) is 1. The predicted octanol–water partition coefficient (Wildman–Crippen LogP) is 1.49. The van der Waals surface area contributed by atoms with Gasteiger partial charge in [-0.25, -0.2) is 0 Å². The van der Waals surface area contributed by atoms with E-state index in [9.17, 15) is 19.7 Å². The fraction of sp³-hybridized carbons (Fsp3) is 0.333. The molecule has 1 heterocycles. The van der Waals surface area contributed by atoms with Gasteiger partial charge in [-0.05, 0) is 11.1 Å². The van der Waals surface area contributed by atoms with Gasteiger partial charge in [0.2, 0.25) is 11.8 Å². The molecule has 0 saturated carbocycles. The minimum atomic E-state index is -0.704. The van der Waals surface area contributed by atoms with Gasteiger partial charge in [0.25, 0.3) is 5.69 Å². The van der Waals surface area contributed by atoms with Crippen LogP contribution in [0.1, 0.15) is 18.1 Å². The molecule has 8 heteroatoms.